The zero-order valence-electron chi connectivity index (χ0n) is 14.9. The molecule has 0 radical (unpaired) electrons. The number of benzene rings is 1. The number of allylic oxidation sites excluding steroid dienone is 1. The summed E-state index contributed by atoms with van der Waals surface area (Å²) < 4.78 is 0. The topological polar surface area (TPSA) is 52.0 Å². The molecule has 0 saturated carbocycles. The van der Waals surface area contributed by atoms with Crippen LogP contribution in [0.4, 0.5) is 0 Å². The van der Waals surface area contributed by atoms with E-state index in [2.05, 4.69) is 35.7 Å². The standard InChI is InChI=1S/C19H27ClN4/c1-4-15(2)17(19(3,20)24-13-9-6-10-14-24)18(22-23-21)16-11-7-5-8-12-16/h5,7-8,11-12,18H,4,6,9-10,13-14H2,1-3H3. The predicted octanol–water partition coefficient (Wildman–Crippen LogP) is 6.21. The monoisotopic (exact) mass is 346 g/mol. The maximum absolute atomic E-state index is 9.16. The number of hydrogen-bond donors (Lipinski definition) is 0. The average Bonchev–Trinajstić information content (AvgIpc) is 2.62. The van der Waals surface area contributed by atoms with E-state index in [0.717, 1.165) is 43.5 Å². The molecule has 0 amide bonds. The molecule has 0 aliphatic carbocycles. The molecule has 2 unspecified atom stereocenters. The minimum absolute atomic E-state index is 0.374. The maximum Gasteiger partial charge on any atom is 0.116 e. The van der Waals surface area contributed by atoms with Crippen LogP contribution in [0.1, 0.15) is 58.1 Å². The quantitative estimate of drug-likeness (QED) is 0.151. The van der Waals surface area contributed by atoms with E-state index in [4.69, 9.17) is 17.1 Å². The van der Waals surface area contributed by atoms with Crippen LogP contribution < -0.4 is 0 Å². The largest absolute Gasteiger partial charge is 0.282 e. The Balaban J connectivity index is 2.52. The fourth-order valence-electron chi connectivity index (χ4n) is 3.53. The molecule has 130 valence electrons. The highest BCUT2D eigenvalue weighted by Crippen LogP contribution is 2.43. The summed E-state index contributed by atoms with van der Waals surface area (Å²) in [6.45, 7) is 8.24. The predicted molar refractivity (Wildman–Crippen MR) is 101 cm³/mol. The van der Waals surface area contributed by atoms with Gasteiger partial charge in [0.2, 0.25) is 0 Å². The summed E-state index contributed by atoms with van der Waals surface area (Å²) in [5, 5.41) is 4.14. The van der Waals surface area contributed by atoms with Crippen molar-refractivity contribution in [2.45, 2.75) is 57.5 Å². The van der Waals surface area contributed by atoms with Gasteiger partial charge in [0.1, 0.15) is 5.00 Å². The first kappa shape index (κ1) is 18.9. The van der Waals surface area contributed by atoms with Crippen LogP contribution >= 0.6 is 11.6 Å². The zero-order valence-corrected chi connectivity index (χ0v) is 15.6. The lowest BCUT2D eigenvalue weighted by atomic mass is 9.87. The molecule has 1 aliphatic heterocycles. The first-order chi connectivity index (χ1) is 11.5. The molecule has 1 aromatic carbocycles. The van der Waals surface area contributed by atoms with E-state index >= 15 is 0 Å². The van der Waals surface area contributed by atoms with Gasteiger partial charge in [-0.15, -0.1) is 0 Å². The number of alkyl halides is 1. The molecule has 1 saturated heterocycles. The molecule has 0 bridgehead atoms. The molecule has 2 atom stereocenters. The Labute approximate surface area is 150 Å². The Hall–Kier alpha value is -1.48. The number of azide groups is 1. The van der Waals surface area contributed by atoms with Gasteiger partial charge in [-0.3, -0.25) is 4.90 Å². The van der Waals surface area contributed by atoms with Crippen LogP contribution in [0.2, 0.25) is 0 Å². The third kappa shape index (κ3) is 4.13. The average molecular weight is 347 g/mol. The van der Waals surface area contributed by atoms with Crippen LogP contribution in [-0.2, 0) is 0 Å². The number of piperidine rings is 1. The Morgan fingerprint density at radius 2 is 1.92 bits per heavy atom. The molecule has 1 aliphatic rings. The van der Waals surface area contributed by atoms with Crippen LogP contribution in [0.15, 0.2) is 46.6 Å². The molecule has 1 aromatic rings. The van der Waals surface area contributed by atoms with E-state index in [1.54, 1.807) is 0 Å². The van der Waals surface area contributed by atoms with E-state index in [0.29, 0.717) is 0 Å². The Bertz CT molecular complexity index is 612. The van der Waals surface area contributed by atoms with Gasteiger partial charge in [0.05, 0.1) is 6.04 Å². The number of nitrogens with zero attached hydrogens (tertiary/aromatic N) is 4. The van der Waals surface area contributed by atoms with Gasteiger partial charge in [-0.25, -0.2) is 0 Å². The third-order valence-electron chi connectivity index (χ3n) is 4.99. The molecule has 2 rings (SSSR count). The minimum Gasteiger partial charge on any atom is -0.282 e. The van der Waals surface area contributed by atoms with Gasteiger partial charge in [0.15, 0.2) is 0 Å². The Morgan fingerprint density at radius 3 is 2.46 bits per heavy atom. The highest BCUT2D eigenvalue weighted by molar-refractivity contribution is 6.25. The molecular formula is C19H27ClN4. The van der Waals surface area contributed by atoms with Crippen LogP contribution in [0.25, 0.3) is 10.4 Å². The van der Waals surface area contributed by atoms with E-state index in [1.807, 2.05) is 30.3 Å². The van der Waals surface area contributed by atoms with E-state index in [1.165, 1.54) is 12.0 Å². The van der Waals surface area contributed by atoms with Gasteiger partial charge in [-0.2, -0.15) is 0 Å². The molecule has 5 heteroatoms. The molecular weight excluding hydrogens is 320 g/mol. The van der Waals surface area contributed by atoms with Crippen LogP contribution in [0.3, 0.4) is 0 Å². The second-order valence-electron chi connectivity index (χ2n) is 6.57. The highest BCUT2D eigenvalue weighted by atomic mass is 35.5. The highest BCUT2D eigenvalue weighted by Gasteiger charge is 2.39. The summed E-state index contributed by atoms with van der Waals surface area (Å²) in [5.41, 5.74) is 12.4. The second-order valence-corrected chi connectivity index (χ2v) is 7.30. The van der Waals surface area contributed by atoms with Gasteiger partial charge >= 0.3 is 0 Å². The summed E-state index contributed by atoms with van der Waals surface area (Å²) in [6.07, 6.45) is 4.47. The van der Waals surface area contributed by atoms with Crippen molar-refractivity contribution in [2.75, 3.05) is 13.1 Å². The first-order valence-electron chi connectivity index (χ1n) is 8.75. The van der Waals surface area contributed by atoms with Gasteiger partial charge in [0.25, 0.3) is 0 Å². The molecule has 1 heterocycles. The molecule has 24 heavy (non-hydrogen) atoms. The van der Waals surface area contributed by atoms with E-state index < -0.39 is 5.00 Å². The van der Waals surface area contributed by atoms with Gasteiger partial charge in [-0.05, 0) is 49.8 Å². The van der Waals surface area contributed by atoms with Crippen molar-refractivity contribution < 1.29 is 0 Å². The molecule has 1 fully saturated rings. The fraction of sp³-hybridized carbons (Fsp3) is 0.579. The van der Waals surface area contributed by atoms with Crippen LogP contribution in [0, 0.1) is 0 Å². The Kier molecular flexibility index (Phi) is 6.73. The van der Waals surface area contributed by atoms with E-state index in [-0.39, 0.29) is 6.04 Å². The van der Waals surface area contributed by atoms with E-state index in [9.17, 15) is 0 Å². The van der Waals surface area contributed by atoms with Gasteiger partial charge in [0, 0.05) is 18.0 Å². The zero-order chi connectivity index (χ0) is 17.6. The second kappa shape index (κ2) is 8.57. The lowest BCUT2D eigenvalue weighted by molar-refractivity contribution is 0.162. The van der Waals surface area contributed by atoms with Crippen molar-refractivity contribution in [3.63, 3.8) is 0 Å². The van der Waals surface area contributed by atoms with Crippen molar-refractivity contribution in [3.8, 4) is 0 Å². The number of hydrogen-bond acceptors (Lipinski definition) is 2. The van der Waals surface area contributed by atoms with Crippen LogP contribution in [-0.4, -0.2) is 23.0 Å². The van der Waals surface area contributed by atoms with Crippen molar-refractivity contribution in [1.29, 1.82) is 0 Å². The van der Waals surface area contributed by atoms with Gasteiger partial charge < -0.3 is 0 Å². The minimum atomic E-state index is -0.644. The molecule has 0 N–H and O–H groups in total. The fourth-order valence-corrected chi connectivity index (χ4v) is 3.96. The van der Waals surface area contributed by atoms with Crippen molar-refractivity contribution in [3.05, 3.63) is 57.5 Å². The summed E-state index contributed by atoms with van der Waals surface area (Å²) >= 11 is 7.12. The normalized spacial score (nSPS) is 20.5. The SMILES string of the molecule is CCC(C)=C(C(N=[N+]=[N-])c1ccccc1)C(C)(Cl)N1CCCCC1. The molecule has 0 aromatic heterocycles. The summed E-state index contributed by atoms with van der Waals surface area (Å²) in [6, 6.07) is 9.55. The number of likely N-dealkylation sites (tertiary alicyclic amines) is 1. The maximum atomic E-state index is 9.16. The molecule has 4 nitrogen and oxygen atoms in total. The van der Waals surface area contributed by atoms with Gasteiger partial charge in [-0.1, -0.05) is 66.0 Å². The summed E-state index contributed by atoms with van der Waals surface area (Å²) in [4.78, 5) is 4.81. The summed E-state index contributed by atoms with van der Waals surface area (Å²) in [7, 11) is 0. The lowest BCUT2D eigenvalue weighted by Crippen LogP contribution is -2.47. The Morgan fingerprint density at radius 1 is 1.29 bits per heavy atom. The van der Waals surface area contributed by atoms with Crippen molar-refractivity contribution >= 4 is 11.6 Å². The van der Waals surface area contributed by atoms with Crippen molar-refractivity contribution in [2.24, 2.45) is 5.11 Å². The molecule has 0 spiro atoms. The van der Waals surface area contributed by atoms with Crippen molar-refractivity contribution in [1.82, 2.24) is 4.90 Å². The lowest BCUT2D eigenvalue weighted by Gasteiger charge is -2.43. The number of rotatable bonds is 6. The first-order valence-corrected chi connectivity index (χ1v) is 9.13. The number of halogens is 1. The third-order valence-corrected chi connectivity index (χ3v) is 5.43. The summed E-state index contributed by atoms with van der Waals surface area (Å²) in [5.74, 6) is 0. The smallest absolute Gasteiger partial charge is 0.116 e. The van der Waals surface area contributed by atoms with Crippen LogP contribution in [0.5, 0.6) is 0 Å².